The summed E-state index contributed by atoms with van der Waals surface area (Å²) < 4.78 is 21.6. The molecular weight excluding hydrogens is 348 g/mol. The molecule has 0 fully saturated rings. The van der Waals surface area contributed by atoms with Gasteiger partial charge < -0.3 is 9.46 Å². The fourth-order valence-corrected chi connectivity index (χ4v) is 3.41. The molecule has 0 saturated carbocycles. The first kappa shape index (κ1) is 15.7. The van der Waals surface area contributed by atoms with E-state index in [0.29, 0.717) is 0 Å². The molecule has 0 spiro atoms. The van der Waals surface area contributed by atoms with Crippen molar-refractivity contribution in [1.29, 1.82) is 21.0 Å². The molecule has 114 valence electrons. The molecule has 0 unspecified atom stereocenters. The van der Waals surface area contributed by atoms with E-state index in [2.05, 4.69) is 17.9 Å². The number of ether oxygens (including phenoxy) is 1. The molecule has 1 aliphatic rings. The van der Waals surface area contributed by atoms with Gasteiger partial charge in [0.1, 0.15) is 40.9 Å². The maximum Gasteiger partial charge on any atom is 0.268 e. The lowest BCUT2D eigenvalue weighted by atomic mass is 9.92. The monoisotopic (exact) mass is 351 g/mol. The van der Waals surface area contributed by atoms with E-state index in [1.54, 1.807) is 12.1 Å². The minimum absolute atomic E-state index is 0.112. The van der Waals surface area contributed by atoms with Gasteiger partial charge in [0.2, 0.25) is 0 Å². The zero-order valence-electron chi connectivity index (χ0n) is 11.8. The topological polar surface area (TPSA) is 157 Å². The van der Waals surface area contributed by atoms with Crippen molar-refractivity contribution >= 4 is 46.2 Å². The molecule has 3 rings (SSSR count). The molecule has 1 aromatic carbocycles. The third-order valence-corrected chi connectivity index (χ3v) is 4.43. The standard InChI is InChI=1S/C13H3N8OS2/c1-22-13(4-16,5-17)8-11-9(18-23-20-11)7(6(2-14)3-15)10-12(8)21-24-19-10/h1H3/q-1. The van der Waals surface area contributed by atoms with E-state index in [0.717, 1.165) is 23.9 Å². The SMILES string of the molecule is COC(C#N)(C#N)c1c2c(c(=C(C#N)C#N)c3nsnc13)=NS[N-]2. The summed E-state index contributed by atoms with van der Waals surface area (Å²) in [7, 11) is 1.22. The third kappa shape index (κ3) is 1.91. The molecule has 1 aliphatic heterocycles. The molecule has 24 heavy (non-hydrogen) atoms. The molecule has 2 heterocycles. The molecule has 0 bridgehead atoms. The molecule has 0 saturated heterocycles. The van der Waals surface area contributed by atoms with Crippen LogP contribution in [0.3, 0.4) is 0 Å². The maximum atomic E-state index is 9.50. The van der Waals surface area contributed by atoms with Gasteiger partial charge in [-0.15, -0.1) is 12.1 Å². The molecular formula is C13H3N8OS2-. The van der Waals surface area contributed by atoms with Crippen LogP contribution >= 0.6 is 23.9 Å². The predicted octanol–water partition coefficient (Wildman–Crippen LogP) is 0.980. The van der Waals surface area contributed by atoms with E-state index in [1.807, 2.05) is 12.1 Å². The second-order valence-corrected chi connectivity index (χ2v) is 5.44. The Morgan fingerprint density at radius 1 is 1.12 bits per heavy atom. The van der Waals surface area contributed by atoms with E-state index >= 15 is 0 Å². The van der Waals surface area contributed by atoms with Crippen LogP contribution in [0.2, 0.25) is 0 Å². The summed E-state index contributed by atoms with van der Waals surface area (Å²) in [4.78, 5) is 0. The van der Waals surface area contributed by atoms with Crippen LogP contribution in [0.5, 0.6) is 0 Å². The number of aromatic nitrogens is 2. The Hall–Kier alpha value is -3.22. The molecule has 2 aromatic rings. The minimum atomic E-state index is -1.96. The molecule has 11 heteroatoms. The Bertz CT molecular complexity index is 1120. The smallest absolute Gasteiger partial charge is 0.268 e. The Balaban J connectivity index is 2.68. The lowest BCUT2D eigenvalue weighted by molar-refractivity contribution is 0.0877. The van der Waals surface area contributed by atoms with Gasteiger partial charge in [0.25, 0.3) is 5.60 Å². The number of hydrogen-bond donors (Lipinski definition) is 0. The van der Waals surface area contributed by atoms with Gasteiger partial charge in [0.15, 0.2) is 0 Å². The first-order chi connectivity index (χ1) is 11.7. The van der Waals surface area contributed by atoms with Gasteiger partial charge in [-0.25, -0.2) is 4.40 Å². The number of rotatable bonds is 2. The summed E-state index contributed by atoms with van der Waals surface area (Å²) in [6.45, 7) is 0. The second-order valence-electron chi connectivity index (χ2n) is 4.38. The summed E-state index contributed by atoms with van der Waals surface area (Å²) in [6, 6.07) is 7.25. The minimum Gasteiger partial charge on any atom is -0.609 e. The van der Waals surface area contributed by atoms with E-state index in [9.17, 15) is 21.0 Å². The lowest BCUT2D eigenvalue weighted by Crippen LogP contribution is -2.33. The van der Waals surface area contributed by atoms with Crippen LogP contribution in [0.4, 0.5) is 5.69 Å². The number of nitrogens with zero attached hydrogens (tertiary/aromatic N) is 8. The summed E-state index contributed by atoms with van der Waals surface area (Å²) in [6.07, 6.45) is 0. The molecule has 0 aliphatic carbocycles. The number of benzene rings is 1. The summed E-state index contributed by atoms with van der Waals surface area (Å²) in [5.74, 6) is 0. The van der Waals surface area contributed by atoms with E-state index < -0.39 is 5.60 Å². The van der Waals surface area contributed by atoms with Crippen molar-refractivity contribution in [3.8, 4) is 24.3 Å². The molecule has 0 radical (unpaired) electrons. The molecule has 9 nitrogen and oxygen atoms in total. The number of nitriles is 4. The van der Waals surface area contributed by atoms with Gasteiger partial charge >= 0.3 is 0 Å². The molecule has 0 N–H and O–H groups in total. The van der Waals surface area contributed by atoms with Gasteiger partial charge in [-0.3, -0.25) is 0 Å². The normalized spacial score (nSPS) is 12.0. The van der Waals surface area contributed by atoms with Crippen molar-refractivity contribution in [2.45, 2.75) is 5.60 Å². The average Bonchev–Trinajstić information content (AvgIpc) is 3.28. The highest BCUT2D eigenvalue weighted by molar-refractivity contribution is 8.01. The maximum absolute atomic E-state index is 9.50. The lowest BCUT2D eigenvalue weighted by Gasteiger charge is -2.24. The van der Waals surface area contributed by atoms with Crippen molar-refractivity contribution in [3.05, 3.63) is 20.9 Å². The fourth-order valence-electron chi connectivity index (χ4n) is 2.29. The fraction of sp³-hybridized carbons (Fsp3) is 0.154. The Labute approximate surface area is 143 Å². The van der Waals surface area contributed by atoms with E-state index in [1.165, 1.54) is 7.11 Å². The summed E-state index contributed by atoms with van der Waals surface area (Å²) in [5, 5.41) is 37.8. The molecule has 0 amide bonds. The highest BCUT2D eigenvalue weighted by Crippen LogP contribution is 2.41. The molecule has 1 aromatic heterocycles. The highest BCUT2D eigenvalue weighted by atomic mass is 32.2. The number of fused-ring (bicyclic) bond motifs is 2. The summed E-state index contributed by atoms with van der Waals surface area (Å²) >= 11 is 1.64. The third-order valence-electron chi connectivity index (χ3n) is 3.37. The van der Waals surface area contributed by atoms with Crippen LogP contribution in [-0.4, -0.2) is 15.9 Å². The Morgan fingerprint density at radius 3 is 2.38 bits per heavy atom. The second kappa shape index (κ2) is 5.77. The van der Waals surface area contributed by atoms with Crippen LogP contribution in [0.25, 0.3) is 21.3 Å². The van der Waals surface area contributed by atoms with Gasteiger partial charge in [-0.1, -0.05) is 5.69 Å². The summed E-state index contributed by atoms with van der Waals surface area (Å²) in [5.41, 5.74) is -1.47. The largest absolute Gasteiger partial charge is 0.609 e. The van der Waals surface area contributed by atoms with Gasteiger partial charge in [-0.2, -0.15) is 29.8 Å². The average molecular weight is 351 g/mol. The van der Waals surface area contributed by atoms with Gasteiger partial charge in [0.05, 0.1) is 22.3 Å². The van der Waals surface area contributed by atoms with E-state index in [4.69, 9.17) is 4.74 Å². The Kier molecular flexibility index (Phi) is 3.76. The first-order valence-corrected chi connectivity index (χ1v) is 7.59. The van der Waals surface area contributed by atoms with Crippen LogP contribution in [0.1, 0.15) is 5.56 Å². The zero-order chi connectivity index (χ0) is 17.3. The van der Waals surface area contributed by atoms with Crippen LogP contribution in [0.15, 0.2) is 4.40 Å². The predicted molar refractivity (Wildman–Crippen MR) is 83.4 cm³/mol. The number of methoxy groups -OCH3 is 1. The van der Waals surface area contributed by atoms with Crippen LogP contribution in [0, 0.1) is 45.3 Å². The van der Waals surface area contributed by atoms with Crippen LogP contribution < -0.4 is 10.6 Å². The quantitative estimate of drug-likeness (QED) is 0.724. The van der Waals surface area contributed by atoms with Gasteiger partial charge in [-0.05, 0) is 0 Å². The first-order valence-electron chi connectivity index (χ1n) is 6.13. The zero-order valence-corrected chi connectivity index (χ0v) is 13.4. The highest BCUT2D eigenvalue weighted by Gasteiger charge is 2.37. The Morgan fingerprint density at radius 2 is 1.79 bits per heavy atom. The van der Waals surface area contributed by atoms with Crippen molar-refractivity contribution in [3.63, 3.8) is 0 Å². The molecule has 0 atom stereocenters. The van der Waals surface area contributed by atoms with Crippen molar-refractivity contribution in [2.75, 3.05) is 7.11 Å². The van der Waals surface area contributed by atoms with Crippen LogP contribution in [-0.2, 0) is 10.3 Å². The van der Waals surface area contributed by atoms with E-state index in [-0.39, 0.29) is 38.4 Å². The van der Waals surface area contributed by atoms with Gasteiger partial charge in [0, 0.05) is 12.7 Å². The van der Waals surface area contributed by atoms with Crippen molar-refractivity contribution in [1.82, 2.24) is 8.75 Å². The van der Waals surface area contributed by atoms with Crippen molar-refractivity contribution in [2.24, 2.45) is 4.40 Å². The van der Waals surface area contributed by atoms with Crippen molar-refractivity contribution < 1.29 is 4.74 Å². The number of hydrogen-bond acceptors (Lipinski definition) is 10.